The number of halogens is 2. The Hall–Kier alpha value is -1.49. The molecule has 0 amide bonds. The van der Waals surface area contributed by atoms with Crippen molar-refractivity contribution in [1.29, 1.82) is 0 Å². The molecule has 1 N–H and O–H groups in total. The molecule has 0 aromatic heterocycles. The number of benzene rings is 1. The van der Waals surface area contributed by atoms with Crippen LogP contribution in [0.4, 0.5) is 8.78 Å². The maximum atomic E-state index is 13.5. The lowest BCUT2D eigenvalue weighted by atomic mass is 9.90. The van der Waals surface area contributed by atoms with Crippen LogP contribution in [0.25, 0.3) is 0 Å². The van der Waals surface area contributed by atoms with Gasteiger partial charge in [-0.25, -0.2) is 13.6 Å². The molecule has 0 atom stereocenters. The first kappa shape index (κ1) is 13.9. The van der Waals surface area contributed by atoms with E-state index in [1.807, 2.05) is 0 Å². The molecule has 0 saturated carbocycles. The lowest BCUT2D eigenvalue weighted by Gasteiger charge is -2.22. The Balaban J connectivity index is 2.20. The van der Waals surface area contributed by atoms with Crippen LogP contribution in [-0.2, 0) is 11.2 Å². The summed E-state index contributed by atoms with van der Waals surface area (Å²) in [4.78, 5) is 11.4. The zero-order chi connectivity index (χ0) is 13.8. The van der Waals surface area contributed by atoms with E-state index in [1.165, 1.54) is 12.1 Å². The number of carbonyl (C=O) groups is 1. The van der Waals surface area contributed by atoms with Crippen LogP contribution in [0.5, 0.6) is 0 Å². The first-order valence-electron chi connectivity index (χ1n) is 6.38. The van der Waals surface area contributed by atoms with Gasteiger partial charge in [0.15, 0.2) is 11.6 Å². The fraction of sp³-hybridized carbons (Fsp3) is 0.500. The zero-order valence-electron chi connectivity index (χ0n) is 10.8. The van der Waals surface area contributed by atoms with Crippen molar-refractivity contribution in [3.8, 4) is 0 Å². The van der Waals surface area contributed by atoms with Crippen molar-refractivity contribution in [3.05, 3.63) is 34.9 Å². The quantitative estimate of drug-likeness (QED) is 0.856. The van der Waals surface area contributed by atoms with Crippen molar-refractivity contribution in [2.45, 2.75) is 19.3 Å². The Morgan fingerprint density at radius 1 is 1.37 bits per heavy atom. The molecule has 104 valence electrons. The highest BCUT2D eigenvalue weighted by Crippen LogP contribution is 2.22. The summed E-state index contributed by atoms with van der Waals surface area (Å²) in [7, 11) is 1.15. The summed E-state index contributed by atoms with van der Waals surface area (Å²) in [6.45, 7) is 1.89. The fourth-order valence-electron chi connectivity index (χ4n) is 2.44. The average Bonchev–Trinajstić information content (AvgIpc) is 2.43. The van der Waals surface area contributed by atoms with E-state index in [9.17, 15) is 13.6 Å². The van der Waals surface area contributed by atoms with Gasteiger partial charge in [0.05, 0.1) is 12.7 Å². The topological polar surface area (TPSA) is 38.3 Å². The smallest absolute Gasteiger partial charge is 0.340 e. The van der Waals surface area contributed by atoms with Gasteiger partial charge in [-0.15, -0.1) is 0 Å². The maximum Gasteiger partial charge on any atom is 0.340 e. The van der Waals surface area contributed by atoms with Gasteiger partial charge in [-0.1, -0.05) is 0 Å². The van der Waals surface area contributed by atoms with Gasteiger partial charge in [-0.2, -0.15) is 0 Å². The van der Waals surface area contributed by atoms with Crippen LogP contribution in [0.15, 0.2) is 12.1 Å². The molecule has 5 heteroatoms. The second-order valence-corrected chi connectivity index (χ2v) is 4.83. The highest BCUT2D eigenvalue weighted by molar-refractivity contribution is 5.89. The van der Waals surface area contributed by atoms with E-state index in [0.29, 0.717) is 17.9 Å². The number of piperidine rings is 1. The number of esters is 1. The Labute approximate surface area is 111 Å². The van der Waals surface area contributed by atoms with E-state index in [-0.39, 0.29) is 5.56 Å². The fourth-order valence-corrected chi connectivity index (χ4v) is 2.44. The van der Waals surface area contributed by atoms with Gasteiger partial charge in [0.1, 0.15) is 0 Å². The van der Waals surface area contributed by atoms with Crippen LogP contribution in [-0.4, -0.2) is 26.2 Å². The summed E-state index contributed by atoms with van der Waals surface area (Å²) >= 11 is 0. The van der Waals surface area contributed by atoms with Crippen molar-refractivity contribution in [2.24, 2.45) is 5.92 Å². The molecule has 0 radical (unpaired) electrons. The standard InChI is InChI=1S/C14H17F2NO2/c1-19-14(18)11-7-10(8-12(15)13(11)16)6-9-2-4-17-5-3-9/h7-9,17H,2-6H2,1H3. The molecule has 19 heavy (non-hydrogen) atoms. The van der Waals surface area contributed by atoms with Crippen molar-refractivity contribution >= 4 is 5.97 Å². The van der Waals surface area contributed by atoms with E-state index < -0.39 is 17.6 Å². The van der Waals surface area contributed by atoms with Gasteiger partial charge in [0.2, 0.25) is 0 Å². The highest BCUT2D eigenvalue weighted by Gasteiger charge is 2.20. The summed E-state index contributed by atoms with van der Waals surface area (Å²) in [6.07, 6.45) is 2.67. The van der Waals surface area contributed by atoms with Gasteiger partial charge >= 0.3 is 5.97 Å². The summed E-state index contributed by atoms with van der Waals surface area (Å²) in [5.41, 5.74) is 0.317. The molecule has 1 aromatic rings. The van der Waals surface area contributed by atoms with E-state index in [2.05, 4.69) is 10.1 Å². The Bertz CT molecular complexity index is 471. The predicted molar refractivity (Wildman–Crippen MR) is 67.0 cm³/mol. The van der Waals surface area contributed by atoms with Crippen molar-refractivity contribution < 1.29 is 18.3 Å². The summed E-state index contributed by atoms with van der Waals surface area (Å²) < 4.78 is 31.5. The van der Waals surface area contributed by atoms with Crippen LogP contribution < -0.4 is 5.32 Å². The van der Waals surface area contributed by atoms with E-state index in [0.717, 1.165) is 33.0 Å². The molecule has 0 bridgehead atoms. The first-order valence-corrected chi connectivity index (χ1v) is 6.38. The number of methoxy groups -OCH3 is 1. The third-order valence-corrected chi connectivity index (χ3v) is 3.48. The first-order chi connectivity index (χ1) is 9.11. The molecule has 0 aliphatic carbocycles. The average molecular weight is 269 g/mol. The molecule has 0 spiro atoms. The second-order valence-electron chi connectivity index (χ2n) is 4.83. The van der Waals surface area contributed by atoms with Crippen LogP contribution >= 0.6 is 0 Å². The third kappa shape index (κ3) is 3.29. The zero-order valence-corrected chi connectivity index (χ0v) is 10.8. The molecule has 1 aliphatic heterocycles. The lowest BCUT2D eigenvalue weighted by Crippen LogP contribution is -2.28. The molecular formula is C14H17F2NO2. The molecule has 2 rings (SSSR count). The number of rotatable bonds is 3. The summed E-state index contributed by atoms with van der Waals surface area (Å²) in [6, 6.07) is 2.57. The normalized spacial score (nSPS) is 16.4. The van der Waals surface area contributed by atoms with Gasteiger partial charge < -0.3 is 10.1 Å². The minimum atomic E-state index is -1.14. The predicted octanol–water partition coefficient (Wildman–Crippen LogP) is 2.29. The van der Waals surface area contributed by atoms with Crippen molar-refractivity contribution in [1.82, 2.24) is 5.32 Å². The second kappa shape index (κ2) is 6.10. The number of hydrogen-bond donors (Lipinski definition) is 1. The molecule has 1 aliphatic rings. The highest BCUT2D eigenvalue weighted by atomic mass is 19.2. The third-order valence-electron chi connectivity index (χ3n) is 3.48. The maximum absolute atomic E-state index is 13.5. The largest absolute Gasteiger partial charge is 0.465 e. The molecule has 1 fully saturated rings. The Kier molecular flexibility index (Phi) is 4.47. The minimum absolute atomic E-state index is 0.327. The molecule has 1 saturated heterocycles. The van der Waals surface area contributed by atoms with Gasteiger partial charge in [0, 0.05) is 0 Å². The van der Waals surface area contributed by atoms with Crippen LogP contribution in [0.1, 0.15) is 28.8 Å². The Morgan fingerprint density at radius 2 is 2.05 bits per heavy atom. The number of ether oxygens (including phenoxy) is 1. The van der Waals surface area contributed by atoms with Crippen LogP contribution in [0.3, 0.4) is 0 Å². The molecule has 1 aromatic carbocycles. The minimum Gasteiger partial charge on any atom is -0.465 e. The lowest BCUT2D eigenvalue weighted by molar-refractivity contribution is 0.0594. The van der Waals surface area contributed by atoms with Gasteiger partial charge in [-0.3, -0.25) is 0 Å². The molecule has 0 unspecified atom stereocenters. The van der Waals surface area contributed by atoms with Crippen LogP contribution in [0.2, 0.25) is 0 Å². The van der Waals surface area contributed by atoms with E-state index >= 15 is 0 Å². The number of hydrogen-bond acceptors (Lipinski definition) is 3. The SMILES string of the molecule is COC(=O)c1cc(CC2CCNCC2)cc(F)c1F. The van der Waals surface area contributed by atoms with Crippen molar-refractivity contribution in [3.63, 3.8) is 0 Å². The van der Waals surface area contributed by atoms with Crippen LogP contribution in [0, 0.1) is 17.6 Å². The molecule has 3 nitrogen and oxygen atoms in total. The number of carbonyl (C=O) groups excluding carboxylic acids is 1. The molecule has 1 heterocycles. The Morgan fingerprint density at radius 3 is 2.68 bits per heavy atom. The van der Waals surface area contributed by atoms with Gasteiger partial charge in [-0.05, 0) is 56.0 Å². The van der Waals surface area contributed by atoms with Crippen molar-refractivity contribution in [2.75, 3.05) is 20.2 Å². The molecular weight excluding hydrogens is 252 g/mol. The number of nitrogens with one attached hydrogen (secondary N) is 1. The van der Waals surface area contributed by atoms with Gasteiger partial charge in [0.25, 0.3) is 0 Å². The summed E-state index contributed by atoms with van der Waals surface area (Å²) in [5.74, 6) is -2.53. The summed E-state index contributed by atoms with van der Waals surface area (Å²) in [5, 5.41) is 3.25. The monoisotopic (exact) mass is 269 g/mol. The van der Waals surface area contributed by atoms with E-state index in [1.54, 1.807) is 0 Å². The van der Waals surface area contributed by atoms with E-state index in [4.69, 9.17) is 0 Å².